The third-order valence-corrected chi connectivity index (χ3v) is 2.09. The molecule has 0 saturated heterocycles. The van der Waals surface area contributed by atoms with Crippen molar-refractivity contribution in [1.82, 2.24) is 25.6 Å². The lowest BCUT2D eigenvalue weighted by atomic mass is 10.3. The molecule has 0 atom stereocenters. The first-order valence-electron chi connectivity index (χ1n) is 4.85. The molecule has 8 nitrogen and oxygen atoms in total. The predicted octanol–water partition coefficient (Wildman–Crippen LogP) is -0.0870. The zero-order valence-electron chi connectivity index (χ0n) is 9.38. The number of aromatic nitrogens is 5. The monoisotopic (exact) mass is 233 g/mol. The molecule has 17 heavy (non-hydrogen) atoms. The molecule has 0 aliphatic carbocycles. The highest BCUT2D eigenvalue weighted by atomic mass is 16.2. The van der Waals surface area contributed by atoms with E-state index < -0.39 is 5.91 Å². The third-order valence-electron chi connectivity index (χ3n) is 2.09. The predicted molar refractivity (Wildman–Crippen MR) is 60.7 cm³/mol. The van der Waals surface area contributed by atoms with Crippen LogP contribution in [0.3, 0.4) is 0 Å². The Morgan fingerprint density at radius 2 is 2.29 bits per heavy atom. The number of hydrogen-bond donors (Lipinski definition) is 2. The van der Waals surface area contributed by atoms with E-state index in [-0.39, 0.29) is 5.82 Å². The fourth-order valence-corrected chi connectivity index (χ4v) is 1.31. The van der Waals surface area contributed by atoms with Crippen molar-refractivity contribution in [1.29, 1.82) is 0 Å². The molecule has 0 spiro atoms. The molecular weight excluding hydrogens is 222 g/mol. The molecule has 2 aromatic heterocycles. The lowest BCUT2D eigenvalue weighted by Crippen LogP contribution is -2.18. The normalized spacial score (nSPS) is 10.0. The van der Waals surface area contributed by atoms with Crippen LogP contribution in [0.25, 0.3) is 0 Å². The van der Waals surface area contributed by atoms with Crippen molar-refractivity contribution in [2.75, 3.05) is 24.3 Å². The van der Waals surface area contributed by atoms with E-state index >= 15 is 0 Å². The summed E-state index contributed by atoms with van der Waals surface area (Å²) in [7, 11) is 3.75. The van der Waals surface area contributed by atoms with Gasteiger partial charge in [0.25, 0.3) is 5.91 Å². The van der Waals surface area contributed by atoms with Crippen LogP contribution in [0.5, 0.6) is 0 Å². The zero-order valence-corrected chi connectivity index (χ0v) is 9.38. The van der Waals surface area contributed by atoms with Gasteiger partial charge in [-0.25, -0.2) is 5.10 Å². The van der Waals surface area contributed by atoms with Gasteiger partial charge in [0.2, 0.25) is 5.82 Å². The lowest BCUT2D eigenvalue weighted by molar-refractivity contribution is 0.101. The number of nitrogens with zero attached hydrogens (tertiary/aromatic N) is 5. The van der Waals surface area contributed by atoms with Gasteiger partial charge in [-0.2, -0.15) is 0 Å². The summed E-state index contributed by atoms with van der Waals surface area (Å²) in [5.41, 5.74) is 1.44. The maximum atomic E-state index is 11.7. The van der Waals surface area contributed by atoms with Crippen LogP contribution in [0.1, 0.15) is 10.6 Å². The fraction of sp³-hybridized carbons (Fsp3) is 0.222. The molecule has 0 bridgehead atoms. The first kappa shape index (κ1) is 11.0. The van der Waals surface area contributed by atoms with Crippen molar-refractivity contribution in [3.05, 3.63) is 24.3 Å². The van der Waals surface area contributed by atoms with Crippen molar-refractivity contribution >= 4 is 17.3 Å². The molecule has 2 rings (SSSR count). The number of anilines is 2. The molecule has 0 aliphatic rings. The first-order chi connectivity index (χ1) is 8.18. The zero-order chi connectivity index (χ0) is 12.3. The summed E-state index contributed by atoms with van der Waals surface area (Å²) in [6.07, 6.45) is 3.22. The Morgan fingerprint density at radius 1 is 1.47 bits per heavy atom. The van der Waals surface area contributed by atoms with E-state index in [4.69, 9.17) is 0 Å². The molecule has 0 unspecified atom stereocenters. The van der Waals surface area contributed by atoms with Crippen molar-refractivity contribution in [3.8, 4) is 0 Å². The highest BCUT2D eigenvalue weighted by Gasteiger charge is 2.12. The molecule has 88 valence electrons. The molecule has 0 aromatic carbocycles. The molecule has 2 N–H and O–H groups in total. The molecule has 0 radical (unpaired) electrons. The summed E-state index contributed by atoms with van der Waals surface area (Å²) in [4.78, 5) is 17.5. The van der Waals surface area contributed by atoms with Crippen LogP contribution in [0.15, 0.2) is 18.5 Å². The second kappa shape index (κ2) is 4.56. The Balaban J connectivity index is 2.22. The summed E-state index contributed by atoms with van der Waals surface area (Å²) in [6.45, 7) is 0. The number of nitrogens with one attached hydrogen (secondary N) is 2. The van der Waals surface area contributed by atoms with Gasteiger partial charge in [-0.05, 0) is 16.5 Å². The number of H-pyrrole nitrogens is 1. The van der Waals surface area contributed by atoms with Gasteiger partial charge < -0.3 is 10.2 Å². The minimum Gasteiger partial charge on any atom is -0.376 e. The Labute approximate surface area is 97.0 Å². The molecule has 2 heterocycles. The van der Waals surface area contributed by atoms with Crippen LogP contribution < -0.4 is 10.2 Å². The molecular formula is C9H11N7O. The quantitative estimate of drug-likeness (QED) is 0.768. The van der Waals surface area contributed by atoms with Crippen LogP contribution >= 0.6 is 0 Å². The molecule has 2 aromatic rings. The lowest BCUT2D eigenvalue weighted by Gasteiger charge is -2.16. The maximum absolute atomic E-state index is 11.7. The number of amides is 1. The SMILES string of the molecule is CN(C)c1ccncc1NC(=O)c1nnn[nH]1. The summed E-state index contributed by atoms with van der Waals surface area (Å²) >= 11 is 0. The van der Waals surface area contributed by atoms with Gasteiger partial charge in [0.05, 0.1) is 17.6 Å². The van der Waals surface area contributed by atoms with Crippen LogP contribution in [-0.2, 0) is 0 Å². The standard InChI is InChI=1S/C9H11N7O/c1-16(2)7-3-4-10-5-6(7)11-9(17)8-12-14-15-13-8/h3-5H,1-2H3,(H,11,17)(H,12,13,14,15). The van der Waals surface area contributed by atoms with E-state index in [1.165, 1.54) is 0 Å². The van der Waals surface area contributed by atoms with Gasteiger partial charge in [0.15, 0.2) is 0 Å². The highest BCUT2D eigenvalue weighted by Crippen LogP contribution is 2.22. The minimum absolute atomic E-state index is 0.0542. The van der Waals surface area contributed by atoms with Gasteiger partial charge in [0.1, 0.15) is 0 Å². The second-order valence-electron chi connectivity index (χ2n) is 3.49. The van der Waals surface area contributed by atoms with Gasteiger partial charge in [-0.1, -0.05) is 0 Å². The maximum Gasteiger partial charge on any atom is 0.295 e. The fourth-order valence-electron chi connectivity index (χ4n) is 1.31. The molecule has 0 saturated carbocycles. The van der Waals surface area contributed by atoms with Gasteiger partial charge in [0, 0.05) is 20.3 Å². The van der Waals surface area contributed by atoms with Crippen LogP contribution in [-0.4, -0.2) is 45.6 Å². The smallest absolute Gasteiger partial charge is 0.295 e. The van der Waals surface area contributed by atoms with Crippen molar-refractivity contribution in [2.24, 2.45) is 0 Å². The molecule has 8 heteroatoms. The van der Waals surface area contributed by atoms with Crippen LogP contribution in [0.2, 0.25) is 0 Å². The Morgan fingerprint density at radius 3 is 2.94 bits per heavy atom. The van der Waals surface area contributed by atoms with Crippen LogP contribution in [0, 0.1) is 0 Å². The van der Waals surface area contributed by atoms with E-state index in [1.54, 1.807) is 18.5 Å². The van der Waals surface area contributed by atoms with Gasteiger partial charge in [-0.15, -0.1) is 5.10 Å². The average molecular weight is 233 g/mol. The summed E-state index contributed by atoms with van der Waals surface area (Å²) in [5, 5.41) is 15.3. The van der Waals surface area contributed by atoms with Gasteiger partial charge >= 0.3 is 0 Å². The van der Waals surface area contributed by atoms with E-state index in [1.807, 2.05) is 19.0 Å². The highest BCUT2D eigenvalue weighted by molar-refractivity contribution is 6.03. The van der Waals surface area contributed by atoms with Crippen molar-refractivity contribution < 1.29 is 4.79 Å². The van der Waals surface area contributed by atoms with E-state index in [0.29, 0.717) is 5.69 Å². The van der Waals surface area contributed by atoms with E-state index in [2.05, 4.69) is 30.9 Å². The summed E-state index contributed by atoms with van der Waals surface area (Å²) in [6, 6.07) is 1.80. The summed E-state index contributed by atoms with van der Waals surface area (Å²) < 4.78 is 0. The topological polar surface area (TPSA) is 99.7 Å². The number of tetrazole rings is 1. The van der Waals surface area contributed by atoms with E-state index in [0.717, 1.165) is 5.69 Å². The van der Waals surface area contributed by atoms with Gasteiger partial charge in [-0.3, -0.25) is 9.78 Å². The average Bonchev–Trinajstić information content (AvgIpc) is 2.83. The largest absolute Gasteiger partial charge is 0.376 e. The molecule has 0 aliphatic heterocycles. The Hall–Kier alpha value is -2.51. The minimum atomic E-state index is -0.411. The number of carbonyl (C=O) groups excluding carboxylic acids is 1. The number of carbonyl (C=O) groups is 1. The number of hydrogen-bond acceptors (Lipinski definition) is 6. The Kier molecular flexibility index (Phi) is 2.95. The van der Waals surface area contributed by atoms with Crippen LogP contribution in [0.4, 0.5) is 11.4 Å². The van der Waals surface area contributed by atoms with E-state index in [9.17, 15) is 4.79 Å². The number of aromatic amines is 1. The first-order valence-corrected chi connectivity index (χ1v) is 4.85. The number of pyridine rings is 1. The molecule has 1 amide bonds. The second-order valence-corrected chi connectivity index (χ2v) is 3.49. The molecule has 0 fully saturated rings. The van der Waals surface area contributed by atoms with Crippen molar-refractivity contribution in [3.63, 3.8) is 0 Å². The number of rotatable bonds is 3. The summed E-state index contributed by atoms with van der Waals surface area (Å²) in [5.74, 6) is -0.357. The van der Waals surface area contributed by atoms with Crippen molar-refractivity contribution in [2.45, 2.75) is 0 Å². The third kappa shape index (κ3) is 2.36. The Bertz CT molecular complexity index is 508.